The molecule has 4 nitrogen and oxygen atoms in total. The van der Waals surface area contributed by atoms with Crippen molar-refractivity contribution in [2.24, 2.45) is 0 Å². The van der Waals surface area contributed by atoms with Gasteiger partial charge in [-0.05, 0) is 32.3 Å². The smallest absolute Gasteiger partial charge is 0.308 e. The van der Waals surface area contributed by atoms with Gasteiger partial charge in [-0.1, -0.05) is 30.3 Å². The summed E-state index contributed by atoms with van der Waals surface area (Å²) in [5, 5.41) is 2.91. The summed E-state index contributed by atoms with van der Waals surface area (Å²) in [6, 6.07) is 10.1. The zero-order chi connectivity index (χ0) is 13.8. The summed E-state index contributed by atoms with van der Waals surface area (Å²) in [5.41, 5.74) is 1.17. The van der Waals surface area contributed by atoms with Crippen LogP contribution in [0.25, 0.3) is 0 Å². The second-order valence-electron chi connectivity index (χ2n) is 4.70. The summed E-state index contributed by atoms with van der Waals surface area (Å²) in [7, 11) is -3.06. The molecule has 0 heterocycles. The molecule has 0 saturated heterocycles. The average molecular weight is 283 g/mol. The molecule has 0 aliphatic heterocycles. The van der Waals surface area contributed by atoms with E-state index in [0.717, 1.165) is 12.8 Å². The largest absolute Gasteiger partial charge is 0.350 e. The van der Waals surface area contributed by atoms with Gasteiger partial charge in [0.05, 0.1) is 13.2 Å². The molecule has 1 fully saturated rings. The molecule has 1 N–H and O–H groups in total. The Morgan fingerprint density at radius 3 is 2.21 bits per heavy atom. The lowest BCUT2D eigenvalue weighted by Gasteiger charge is -2.27. The molecule has 0 aromatic heterocycles. The highest BCUT2D eigenvalue weighted by Crippen LogP contribution is 2.69. The lowest BCUT2D eigenvalue weighted by Crippen LogP contribution is -2.32. The standard InChI is InChI=1S/C14H22NO3P/c1-3-17-19(16,18-4-2)14(10-11-14)15-12-13-8-6-5-7-9-13/h5-9,15H,3-4,10-12H2,1-2H3. The van der Waals surface area contributed by atoms with Crippen molar-refractivity contribution >= 4 is 7.60 Å². The molecule has 1 aromatic rings. The van der Waals surface area contributed by atoms with Crippen LogP contribution in [0.1, 0.15) is 32.3 Å². The molecule has 0 spiro atoms. The van der Waals surface area contributed by atoms with E-state index in [-0.39, 0.29) is 0 Å². The van der Waals surface area contributed by atoms with E-state index < -0.39 is 12.9 Å². The van der Waals surface area contributed by atoms with Crippen LogP contribution in [0.3, 0.4) is 0 Å². The number of nitrogens with one attached hydrogen (secondary N) is 1. The highest BCUT2D eigenvalue weighted by Gasteiger charge is 2.59. The number of hydrogen-bond acceptors (Lipinski definition) is 4. The zero-order valence-electron chi connectivity index (χ0n) is 11.6. The topological polar surface area (TPSA) is 47.6 Å². The molecule has 0 atom stereocenters. The highest BCUT2D eigenvalue weighted by molar-refractivity contribution is 7.56. The molecular formula is C14H22NO3P. The molecule has 2 rings (SSSR count). The SMILES string of the molecule is CCOP(=O)(OCC)C1(NCc2ccccc2)CC1. The molecule has 5 heteroatoms. The van der Waals surface area contributed by atoms with E-state index in [2.05, 4.69) is 17.4 Å². The quantitative estimate of drug-likeness (QED) is 0.741. The minimum Gasteiger partial charge on any atom is -0.308 e. The summed E-state index contributed by atoms with van der Waals surface area (Å²) in [4.78, 5) is 0. The lowest BCUT2D eigenvalue weighted by molar-refractivity contribution is 0.204. The van der Waals surface area contributed by atoms with Crippen LogP contribution < -0.4 is 5.32 Å². The Hall–Kier alpha value is -0.670. The van der Waals surface area contributed by atoms with Crippen LogP contribution in [0.5, 0.6) is 0 Å². The van der Waals surface area contributed by atoms with Crippen LogP contribution in [0.4, 0.5) is 0 Å². The first-order chi connectivity index (χ1) is 9.16. The maximum atomic E-state index is 12.8. The Morgan fingerprint density at radius 2 is 1.74 bits per heavy atom. The minimum atomic E-state index is -3.06. The maximum absolute atomic E-state index is 12.8. The normalized spacial score (nSPS) is 17.4. The third-order valence-corrected chi connectivity index (χ3v) is 6.16. The third kappa shape index (κ3) is 3.26. The molecule has 1 aliphatic rings. The fourth-order valence-electron chi connectivity index (χ4n) is 2.15. The van der Waals surface area contributed by atoms with Gasteiger partial charge in [0.2, 0.25) is 0 Å². The number of rotatable bonds is 8. The Balaban J connectivity index is 2.03. The Labute approximate surface area is 115 Å². The van der Waals surface area contributed by atoms with Gasteiger partial charge in [-0.15, -0.1) is 0 Å². The molecular weight excluding hydrogens is 261 g/mol. The van der Waals surface area contributed by atoms with Gasteiger partial charge in [0, 0.05) is 6.54 Å². The number of hydrogen-bond donors (Lipinski definition) is 1. The van der Waals surface area contributed by atoms with Crippen molar-refractivity contribution in [3.8, 4) is 0 Å². The zero-order valence-corrected chi connectivity index (χ0v) is 12.5. The van der Waals surface area contributed by atoms with Crippen LogP contribution >= 0.6 is 7.60 Å². The van der Waals surface area contributed by atoms with E-state index in [0.29, 0.717) is 19.8 Å². The van der Waals surface area contributed by atoms with Crippen LogP contribution in [0, 0.1) is 0 Å². The van der Waals surface area contributed by atoms with E-state index >= 15 is 0 Å². The lowest BCUT2D eigenvalue weighted by atomic mass is 10.2. The van der Waals surface area contributed by atoms with Crippen molar-refractivity contribution in [3.63, 3.8) is 0 Å². The van der Waals surface area contributed by atoms with Gasteiger partial charge >= 0.3 is 7.60 Å². The second kappa shape index (κ2) is 6.19. The molecule has 19 heavy (non-hydrogen) atoms. The maximum Gasteiger partial charge on any atom is 0.350 e. The Kier molecular flexibility index (Phi) is 4.80. The van der Waals surface area contributed by atoms with Crippen molar-refractivity contribution in [1.29, 1.82) is 0 Å². The van der Waals surface area contributed by atoms with E-state index in [1.54, 1.807) is 0 Å². The van der Waals surface area contributed by atoms with E-state index in [1.807, 2.05) is 32.0 Å². The molecule has 0 radical (unpaired) electrons. The predicted octanol–water partition coefficient (Wildman–Crippen LogP) is 3.53. The van der Waals surface area contributed by atoms with Crippen LogP contribution in [0.15, 0.2) is 30.3 Å². The minimum absolute atomic E-state index is 0.409. The van der Waals surface area contributed by atoms with Crippen LogP contribution in [-0.2, 0) is 20.2 Å². The fourth-order valence-corrected chi connectivity index (χ4v) is 4.33. The third-order valence-electron chi connectivity index (χ3n) is 3.31. The summed E-state index contributed by atoms with van der Waals surface area (Å²) in [6.45, 7) is 5.20. The van der Waals surface area contributed by atoms with Crippen molar-refractivity contribution < 1.29 is 13.6 Å². The molecule has 106 valence electrons. The highest BCUT2D eigenvalue weighted by atomic mass is 31.2. The van der Waals surface area contributed by atoms with Crippen molar-refractivity contribution in [2.75, 3.05) is 13.2 Å². The first kappa shape index (κ1) is 14.7. The Bertz CT molecular complexity index is 435. The molecule has 1 aromatic carbocycles. The van der Waals surface area contributed by atoms with Gasteiger partial charge in [-0.25, -0.2) is 0 Å². The summed E-state index contributed by atoms with van der Waals surface area (Å²) in [6.07, 6.45) is 1.69. The fraction of sp³-hybridized carbons (Fsp3) is 0.571. The van der Waals surface area contributed by atoms with Crippen molar-refractivity contribution in [2.45, 2.75) is 38.5 Å². The van der Waals surface area contributed by atoms with E-state index in [1.165, 1.54) is 5.56 Å². The van der Waals surface area contributed by atoms with Crippen LogP contribution in [-0.4, -0.2) is 18.5 Å². The van der Waals surface area contributed by atoms with Gasteiger partial charge < -0.3 is 9.05 Å². The van der Waals surface area contributed by atoms with Crippen molar-refractivity contribution in [1.82, 2.24) is 5.32 Å². The Morgan fingerprint density at radius 1 is 1.16 bits per heavy atom. The van der Waals surface area contributed by atoms with E-state index in [9.17, 15) is 4.57 Å². The van der Waals surface area contributed by atoms with Gasteiger partial charge in [0.1, 0.15) is 5.28 Å². The van der Waals surface area contributed by atoms with E-state index in [4.69, 9.17) is 9.05 Å². The summed E-state index contributed by atoms with van der Waals surface area (Å²) < 4.78 is 23.7. The predicted molar refractivity (Wildman–Crippen MR) is 76.1 cm³/mol. The average Bonchev–Trinajstić information content (AvgIpc) is 3.20. The molecule has 0 bridgehead atoms. The molecule has 1 saturated carbocycles. The summed E-state index contributed by atoms with van der Waals surface area (Å²) in [5.74, 6) is 0. The molecule has 0 amide bonds. The molecule has 1 aliphatic carbocycles. The summed E-state index contributed by atoms with van der Waals surface area (Å²) >= 11 is 0. The van der Waals surface area contributed by atoms with Gasteiger partial charge in [0.25, 0.3) is 0 Å². The van der Waals surface area contributed by atoms with Gasteiger partial charge in [-0.2, -0.15) is 0 Å². The van der Waals surface area contributed by atoms with Crippen molar-refractivity contribution in [3.05, 3.63) is 35.9 Å². The monoisotopic (exact) mass is 283 g/mol. The molecule has 0 unspecified atom stereocenters. The first-order valence-corrected chi connectivity index (χ1v) is 8.38. The van der Waals surface area contributed by atoms with Crippen LogP contribution in [0.2, 0.25) is 0 Å². The number of benzene rings is 1. The van der Waals surface area contributed by atoms with Gasteiger partial charge in [-0.3, -0.25) is 9.88 Å². The second-order valence-corrected chi connectivity index (χ2v) is 7.07. The van der Waals surface area contributed by atoms with Gasteiger partial charge in [0.15, 0.2) is 0 Å². The first-order valence-electron chi connectivity index (χ1n) is 6.84.